The summed E-state index contributed by atoms with van der Waals surface area (Å²) in [5, 5.41) is 7.65. The lowest BCUT2D eigenvalue weighted by Crippen LogP contribution is -1.95. The monoisotopic (exact) mass is 302 g/mol. The van der Waals surface area contributed by atoms with Crippen LogP contribution in [0.4, 0.5) is 8.78 Å². The Balaban J connectivity index is 2.07. The number of nitrogens with zero attached hydrogens (tertiary/aromatic N) is 2. The summed E-state index contributed by atoms with van der Waals surface area (Å²) in [6.07, 6.45) is 3.83. The summed E-state index contributed by atoms with van der Waals surface area (Å²) >= 11 is 0. The quantitative estimate of drug-likeness (QED) is 0.607. The number of methoxy groups -OCH3 is 1. The second-order valence-electron chi connectivity index (χ2n) is 4.60. The molecule has 114 valence electrons. The zero-order valence-corrected chi connectivity index (χ0v) is 12.4. The third kappa shape index (κ3) is 3.97. The summed E-state index contributed by atoms with van der Waals surface area (Å²) in [6.45, 7) is 2.08. The molecule has 0 atom stereocenters. The van der Waals surface area contributed by atoms with Crippen LogP contribution in [-0.2, 0) is 6.42 Å². The molecule has 0 unspecified atom stereocenters. The van der Waals surface area contributed by atoms with Crippen LogP contribution in [0.15, 0.2) is 46.6 Å². The molecule has 0 spiro atoms. The standard InChI is InChI=1S/C17H16F2N2O/c1-3-12-4-6-13(7-5-12)10-20-21-11-14-8-15(18)17(22-2)16(19)9-14/h4-11H,3H2,1-2H3/b20-10+,21-11+. The molecule has 0 fully saturated rings. The molecule has 0 N–H and O–H groups in total. The number of benzene rings is 2. The van der Waals surface area contributed by atoms with Gasteiger partial charge in [-0.05, 0) is 29.7 Å². The van der Waals surface area contributed by atoms with E-state index in [-0.39, 0.29) is 5.56 Å². The maximum Gasteiger partial charge on any atom is 0.190 e. The van der Waals surface area contributed by atoms with Crippen molar-refractivity contribution in [2.75, 3.05) is 7.11 Å². The summed E-state index contributed by atoms with van der Waals surface area (Å²) in [4.78, 5) is 0. The first-order valence-corrected chi connectivity index (χ1v) is 6.82. The number of hydrogen-bond acceptors (Lipinski definition) is 3. The van der Waals surface area contributed by atoms with Crippen LogP contribution in [0.2, 0.25) is 0 Å². The molecule has 2 aromatic carbocycles. The van der Waals surface area contributed by atoms with Gasteiger partial charge >= 0.3 is 0 Å². The zero-order chi connectivity index (χ0) is 15.9. The van der Waals surface area contributed by atoms with Gasteiger partial charge in [0.05, 0.1) is 19.5 Å². The molecule has 0 aromatic heterocycles. The minimum Gasteiger partial charge on any atom is -0.491 e. The second kappa shape index (κ2) is 7.45. The van der Waals surface area contributed by atoms with Crippen LogP contribution in [0, 0.1) is 11.6 Å². The highest BCUT2D eigenvalue weighted by Crippen LogP contribution is 2.21. The normalized spacial score (nSPS) is 11.5. The van der Waals surface area contributed by atoms with Gasteiger partial charge in [0.1, 0.15) is 0 Å². The molecule has 0 aliphatic heterocycles. The van der Waals surface area contributed by atoms with Crippen molar-refractivity contribution in [1.82, 2.24) is 0 Å². The predicted molar refractivity (Wildman–Crippen MR) is 83.9 cm³/mol. The number of hydrogen-bond donors (Lipinski definition) is 0. The second-order valence-corrected chi connectivity index (χ2v) is 4.60. The molecule has 0 saturated carbocycles. The molecule has 22 heavy (non-hydrogen) atoms. The Kier molecular flexibility index (Phi) is 5.36. The lowest BCUT2D eigenvalue weighted by atomic mass is 10.1. The molecule has 0 radical (unpaired) electrons. The highest BCUT2D eigenvalue weighted by Gasteiger charge is 2.10. The van der Waals surface area contributed by atoms with Crippen LogP contribution >= 0.6 is 0 Å². The predicted octanol–water partition coefficient (Wildman–Crippen LogP) is 3.99. The van der Waals surface area contributed by atoms with E-state index in [2.05, 4.69) is 21.9 Å². The highest BCUT2D eigenvalue weighted by molar-refractivity contribution is 5.82. The van der Waals surface area contributed by atoms with Gasteiger partial charge in [-0.2, -0.15) is 10.2 Å². The molecule has 0 amide bonds. The molecule has 0 aliphatic carbocycles. The van der Waals surface area contributed by atoms with E-state index >= 15 is 0 Å². The average molecular weight is 302 g/mol. The number of aryl methyl sites for hydroxylation is 1. The summed E-state index contributed by atoms with van der Waals surface area (Å²) in [7, 11) is 1.21. The van der Waals surface area contributed by atoms with Gasteiger partial charge < -0.3 is 4.74 Å². The number of rotatable bonds is 5. The first kappa shape index (κ1) is 15.8. The van der Waals surface area contributed by atoms with Crippen molar-refractivity contribution in [3.8, 4) is 5.75 Å². The smallest absolute Gasteiger partial charge is 0.190 e. The molecule has 0 saturated heterocycles. The minimum absolute atomic E-state index is 0.272. The van der Waals surface area contributed by atoms with E-state index in [1.807, 2.05) is 24.3 Å². The van der Waals surface area contributed by atoms with E-state index in [4.69, 9.17) is 0 Å². The van der Waals surface area contributed by atoms with Crippen LogP contribution < -0.4 is 4.74 Å². The largest absolute Gasteiger partial charge is 0.491 e. The van der Waals surface area contributed by atoms with Crippen molar-refractivity contribution in [2.45, 2.75) is 13.3 Å². The Morgan fingerprint density at radius 2 is 1.50 bits per heavy atom. The number of halogens is 2. The Hall–Kier alpha value is -2.56. The SMILES string of the molecule is CCc1ccc(/C=N/N=C/c2cc(F)c(OC)c(F)c2)cc1. The van der Waals surface area contributed by atoms with Gasteiger partial charge in [0.15, 0.2) is 17.4 Å². The van der Waals surface area contributed by atoms with Crippen LogP contribution in [0.25, 0.3) is 0 Å². The fourth-order valence-electron chi connectivity index (χ4n) is 1.89. The molecule has 0 heterocycles. The lowest BCUT2D eigenvalue weighted by molar-refractivity contribution is 0.360. The first-order valence-electron chi connectivity index (χ1n) is 6.82. The summed E-state index contributed by atoms with van der Waals surface area (Å²) in [5.41, 5.74) is 2.42. The van der Waals surface area contributed by atoms with E-state index < -0.39 is 17.4 Å². The van der Waals surface area contributed by atoms with E-state index in [1.54, 1.807) is 6.21 Å². The molecule has 0 aliphatic rings. The minimum atomic E-state index is -0.775. The molecule has 0 bridgehead atoms. The van der Waals surface area contributed by atoms with E-state index in [1.165, 1.54) is 18.9 Å². The van der Waals surface area contributed by atoms with Crippen molar-refractivity contribution in [3.05, 3.63) is 64.7 Å². The third-order valence-corrected chi connectivity index (χ3v) is 3.09. The average Bonchev–Trinajstić information content (AvgIpc) is 2.52. The van der Waals surface area contributed by atoms with Crippen LogP contribution in [-0.4, -0.2) is 19.5 Å². The van der Waals surface area contributed by atoms with Crippen LogP contribution in [0.3, 0.4) is 0 Å². The van der Waals surface area contributed by atoms with Crippen LogP contribution in [0.1, 0.15) is 23.6 Å². The molecule has 3 nitrogen and oxygen atoms in total. The molecular weight excluding hydrogens is 286 g/mol. The fraction of sp³-hybridized carbons (Fsp3) is 0.176. The summed E-state index contributed by atoms with van der Waals surface area (Å²) in [6, 6.07) is 10.2. The van der Waals surface area contributed by atoms with Gasteiger partial charge in [-0.3, -0.25) is 0 Å². The van der Waals surface area contributed by atoms with Crippen molar-refractivity contribution in [2.24, 2.45) is 10.2 Å². The topological polar surface area (TPSA) is 34.0 Å². The van der Waals surface area contributed by atoms with E-state index in [0.717, 1.165) is 24.1 Å². The number of ether oxygens (including phenoxy) is 1. The van der Waals surface area contributed by atoms with Crippen molar-refractivity contribution >= 4 is 12.4 Å². The van der Waals surface area contributed by atoms with Gasteiger partial charge in [0, 0.05) is 5.56 Å². The Labute approximate surface area is 128 Å². The third-order valence-electron chi connectivity index (χ3n) is 3.09. The van der Waals surface area contributed by atoms with Crippen molar-refractivity contribution in [3.63, 3.8) is 0 Å². The van der Waals surface area contributed by atoms with Crippen LogP contribution in [0.5, 0.6) is 5.75 Å². The maximum atomic E-state index is 13.5. The van der Waals surface area contributed by atoms with Gasteiger partial charge in [-0.25, -0.2) is 8.78 Å². The molecular formula is C17H16F2N2O. The summed E-state index contributed by atoms with van der Waals surface area (Å²) < 4.78 is 31.6. The fourth-order valence-corrected chi connectivity index (χ4v) is 1.89. The van der Waals surface area contributed by atoms with E-state index in [9.17, 15) is 8.78 Å². The lowest BCUT2D eigenvalue weighted by Gasteiger charge is -2.03. The highest BCUT2D eigenvalue weighted by atomic mass is 19.1. The Morgan fingerprint density at radius 3 is 2.00 bits per heavy atom. The van der Waals surface area contributed by atoms with Crippen molar-refractivity contribution in [1.29, 1.82) is 0 Å². The zero-order valence-electron chi connectivity index (χ0n) is 12.4. The first-order chi connectivity index (χ1) is 10.6. The Morgan fingerprint density at radius 1 is 0.955 bits per heavy atom. The molecule has 2 rings (SSSR count). The Bertz CT molecular complexity index is 671. The van der Waals surface area contributed by atoms with Crippen molar-refractivity contribution < 1.29 is 13.5 Å². The van der Waals surface area contributed by atoms with E-state index in [0.29, 0.717) is 0 Å². The summed E-state index contributed by atoms with van der Waals surface area (Å²) in [5.74, 6) is -1.96. The van der Waals surface area contributed by atoms with Gasteiger partial charge in [-0.1, -0.05) is 31.2 Å². The molecule has 2 aromatic rings. The molecule has 5 heteroatoms. The van der Waals surface area contributed by atoms with Gasteiger partial charge in [0.2, 0.25) is 0 Å². The maximum absolute atomic E-state index is 13.5. The van der Waals surface area contributed by atoms with Gasteiger partial charge in [-0.15, -0.1) is 0 Å². The van der Waals surface area contributed by atoms with Gasteiger partial charge in [0.25, 0.3) is 0 Å².